The van der Waals surface area contributed by atoms with E-state index in [9.17, 15) is 9.59 Å². The molecule has 1 amide bonds. The number of carboxylic acid groups (broad SMARTS) is 1. The summed E-state index contributed by atoms with van der Waals surface area (Å²) >= 11 is 3.18. The van der Waals surface area contributed by atoms with Crippen LogP contribution in [0.25, 0.3) is 0 Å². The second kappa shape index (κ2) is 4.58. The molecule has 2 N–H and O–H groups in total. The summed E-state index contributed by atoms with van der Waals surface area (Å²) in [7, 11) is 0. The molecule has 0 aliphatic heterocycles. The summed E-state index contributed by atoms with van der Waals surface area (Å²) in [6, 6.07) is 4.78. The SMILES string of the molecule is CC1(C)C(C(=O)Nc2ccc(Br)c(C(=O)O)c2)C1(C)C. The van der Waals surface area contributed by atoms with Crippen molar-refractivity contribution < 1.29 is 14.7 Å². The van der Waals surface area contributed by atoms with Gasteiger partial charge < -0.3 is 10.4 Å². The molecular formula is C15H18BrNO3. The van der Waals surface area contributed by atoms with Gasteiger partial charge in [0.15, 0.2) is 0 Å². The van der Waals surface area contributed by atoms with Crippen LogP contribution in [0.4, 0.5) is 5.69 Å². The molecule has 0 bridgehead atoms. The van der Waals surface area contributed by atoms with Gasteiger partial charge in [0.05, 0.1) is 5.56 Å². The average molecular weight is 340 g/mol. The molecule has 108 valence electrons. The Bertz CT molecular complexity index is 579. The number of halogens is 1. The van der Waals surface area contributed by atoms with E-state index in [0.717, 1.165) is 0 Å². The fraction of sp³-hybridized carbons (Fsp3) is 0.467. The van der Waals surface area contributed by atoms with Gasteiger partial charge in [0.1, 0.15) is 0 Å². The van der Waals surface area contributed by atoms with E-state index in [2.05, 4.69) is 48.9 Å². The number of carbonyl (C=O) groups excluding carboxylic acids is 1. The molecule has 1 aromatic rings. The lowest BCUT2D eigenvalue weighted by atomic mass is 10.0. The molecule has 0 aromatic heterocycles. The number of hydrogen-bond acceptors (Lipinski definition) is 2. The van der Waals surface area contributed by atoms with Crippen molar-refractivity contribution in [2.75, 3.05) is 5.32 Å². The normalized spacial score (nSPS) is 19.4. The van der Waals surface area contributed by atoms with Gasteiger partial charge in [-0.2, -0.15) is 0 Å². The second-order valence-electron chi connectivity index (χ2n) is 6.37. The molecule has 1 saturated carbocycles. The molecule has 2 rings (SSSR count). The van der Waals surface area contributed by atoms with Crippen LogP contribution in [0.2, 0.25) is 0 Å². The minimum absolute atomic E-state index is 0.0396. The van der Waals surface area contributed by atoms with E-state index in [4.69, 9.17) is 5.11 Å². The van der Waals surface area contributed by atoms with Gasteiger partial charge in [-0.3, -0.25) is 4.79 Å². The first kappa shape index (κ1) is 15.0. The molecule has 5 heteroatoms. The average Bonchev–Trinajstić information content (AvgIpc) is 2.71. The molecular weight excluding hydrogens is 322 g/mol. The van der Waals surface area contributed by atoms with Crippen molar-refractivity contribution >= 4 is 33.5 Å². The van der Waals surface area contributed by atoms with E-state index in [1.807, 2.05) is 0 Å². The first-order chi connectivity index (χ1) is 9.09. The Morgan fingerprint density at radius 2 is 1.75 bits per heavy atom. The second-order valence-corrected chi connectivity index (χ2v) is 7.22. The highest BCUT2D eigenvalue weighted by Gasteiger charge is 2.68. The highest BCUT2D eigenvalue weighted by Crippen LogP contribution is 2.68. The highest BCUT2D eigenvalue weighted by atomic mass is 79.9. The summed E-state index contributed by atoms with van der Waals surface area (Å²) < 4.78 is 0.495. The van der Waals surface area contributed by atoms with Gasteiger partial charge in [-0.05, 0) is 45.0 Å². The molecule has 0 heterocycles. The van der Waals surface area contributed by atoms with Crippen molar-refractivity contribution in [1.82, 2.24) is 0 Å². The summed E-state index contributed by atoms with van der Waals surface area (Å²) in [6.45, 7) is 8.28. The molecule has 1 aliphatic carbocycles. The van der Waals surface area contributed by atoms with Crippen LogP contribution >= 0.6 is 15.9 Å². The molecule has 1 aliphatic rings. The summed E-state index contributed by atoms with van der Waals surface area (Å²) in [5.41, 5.74) is 0.565. The van der Waals surface area contributed by atoms with E-state index >= 15 is 0 Å². The highest BCUT2D eigenvalue weighted by molar-refractivity contribution is 9.10. The smallest absolute Gasteiger partial charge is 0.336 e. The Morgan fingerprint density at radius 3 is 2.20 bits per heavy atom. The van der Waals surface area contributed by atoms with Crippen molar-refractivity contribution in [3.63, 3.8) is 0 Å². The van der Waals surface area contributed by atoms with Crippen molar-refractivity contribution in [3.8, 4) is 0 Å². The fourth-order valence-electron chi connectivity index (χ4n) is 2.83. The summed E-state index contributed by atoms with van der Waals surface area (Å²) in [5.74, 6) is -1.15. The number of rotatable bonds is 3. The van der Waals surface area contributed by atoms with Gasteiger partial charge in [0.25, 0.3) is 0 Å². The van der Waals surface area contributed by atoms with Crippen LogP contribution in [0.1, 0.15) is 38.1 Å². The molecule has 0 radical (unpaired) electrons. The van der Waals surface area contributed by atoms with E-state index < -0.39 is 5.97 Å². The van der Waals surface area contributed by atoms with Crippen molar-refractivity contribution in [2.24, 2.45) is 16.7 Å². The molecule has 1 aromatic carbocycles. The first-order valence-electron chi connectivity index (χ1n) is 6.42. The Hall–Kier alpha value is -1.36. The van der Waals surface area contributed by atoms with Crippen LogP contribution in [0.15, 0.2) is 22.7 Å². The summed E-state index contributed by atoms with van der Waals surface area (Å²) in [4.78, 5) is 23.4. The zero-order valence-electron chi connectivity index (χ0n) is 12.0. The molecule has 0 unspecified atom stereocenters. The van der Waals surface area contributed by atoms with E-state index in [1.165, 1.54) is 6.07 Å². The van der Waals surface area contributed by atoms with Crippen molar-refractivity contribution in [2.45, 2.75) is 27.7 Å². The Balaban J connectivity index is 2.18. The van der Waals surface area contributed by atoms with Gasteiger partial charge in [-0.15, -0.1) is 0 Å². The number of hydrogen-bond donors (Lipinski definition) is 2. The lowest BCUT2D eigenvalue weighted by Gasteiger charge is -2.08. The van der Waals surface area contributed by atoms with Crippen LogP contribution in [0.3, 0.4) is 0 Å². The number of nitrogens with one attached hydrogen (secondary N) is 1. The Kier molecular flexibility index (Phi) is 3.45. The van der Waals surface area contributed by atoms with E-state index in [0.29, 0.717) is 10.2 Å². The minimum atomic E-state index is -1.03. The standard InChI is InChI=1S/C15H18BrNO3/c1-14(2)11(15(14,3)4)12(18)17-8-5-6-10(16)9(7-8)13(19)20/h5-7,11H,1-4H3,(H,17,18)(H,19,20). The number of aromatic carboxylic acids is 1. The molecule has 4 nitrogen and oxygen atoms in total. The summed E-state index contributed by atoms with van der Waals surface area (Å²) in [5, 5.41) is 11.9. The van der Waals surface area contributed by atoms with E-state index in [-0.39, 0.29) is 28.2 Å². The Morgan fingerprint density at radius 1 is 1.20 bits per heavy atom. The first-order valence-corrected chi connectivity index (χ1v) is 7.22. The molecule has 1 fully saturated rings. The molecule has 20 heavy (non-hydrogen) atoms. The lowest BCUT2D eigenvalue weighted by Crippen LogP contribution is -2.18. The number of carbonyl (C=O) groups is 2. The predicted molar refractivity (Wildman–Crippen MR) is 80.8 cm³/mol. The number of benzene rings is 1. The van der Waals surface area contributed by atoms with Crippen LogP contribution < -0.4 is 5.32 Å². The zero-order valence-corrected chi connectivity index (χ0v) is 13.5. The number of amides is 1. The quantitative estimate of drug-likeness (QED) is 0.880. The monoisotopic (exact) mass is 339 g/mol. The van der Waals surface area contributed by atoms with Gasteiger partial charge >= 0.3 is 5.97 Å². The maximum atomic E-state index is 12.3. The van der Waals surface area contributed by atoms with E-state index in [1.54, 1.807) is 12.1 Å². The molecule has 0 spiro atoms. The number of carboxylic acids is 1. The predicted octanol–water partition coefficient (Wildman–Crippen LogP) is 3.77. The largest absolute Gasteiger partial charge is 0.478 e. The van der Waals surface area contributed by atoms with Gasteiger partial charge in [-0.25, -0.2) is 4.79 Å². The van der Waals surface area contributed by atoms with Crippen LogP contribution in [-0.2, 0) is 4.79 Å². The topological polar surface area (TPSA) is 66.4 Å². The maximum Gasteiger partial charge on any atom is 0.336 e. The fourth-order valence-corrected chi connectivity index (χ4v) is 3.25. The van der Waals surface area contributed by atoms with Gasteiger partial charge in [0.2, 0.25) is 5.91 Å². The van der Waals surface area contributed by atoms with Crippen LogP contribution in [-0.4, -0.2) is 17.0 Å². The Labute approximate surface area is 126 Å². The van der Waals surface area contributed by atoms with Gasteiger partial charge in [0, 0.05) is 16.1 Å². The number of anilines is 1. The zero-order chi connectivity index (χ0) is 15.3. The third-order valence-corrected chi connectivity index (χ3v) is 5.44. The minimum Gasteiger partial charge on any atom is -0.478 e. The van der Waals surface area contributed by atoms with Crippen LogP contribution in [0, 0.1) is 16.7 Å². The molecule has 0 saturated heterocycles. The lowest BCUT2D eigenvalue weighted by molar-refractivity contribution is -0.118. The third-order valence-electron chi connectivity index (χ3n) is 4.75. The maximum absolute atomic E-state index is 12.3. The van der Waals surface area contributed by atoms with Crippen molar-refractivity contribution in [3.05, 3.63) is 28.2 Å². The third kappa shape index (κ3) is 2.24. The van der Waals surface area contributed by atoms with Crippen molar-refractivity contribution in [1.29, 1.82) is 0 Å². The molecule has 0 atom stereocenters. The summed E-state index contributed by atoms with van der Waals surface area (Å²) in [6.07, 6.45) is 0. The van der Waals surface area contributed by atoms with Gasteiger partial charge in [-0.1, -0.05) is 27.7 Å². The van der Waals surface area contributed by atoms with Crippen LogP contribution in [0.5, 0.6) is 0 Å².